The first-order valence-electron chi connectivity index (χ1n) is 9.57. The van der Waals surface area contributed by atoms with E-state index in [0.717, 1.165) is 51.4 Å². The molecule has 0 amide bonds. The number of hydrogen-bond acceptors (Lipinski definition) is 6. The van der Waals surface area contributed by atoms with E-state index in [-0.39, 0.29) is 18.2 Å². The third-order valence-electron chi connectivity index (χ3n) is 6.27. The van der Waals surface area contributed by atoms with Crippen LogP contribution in [0.4, 0.5) is 0 Å². The zero-order valence-electron chi connectivity index (χ0n) is 14.0. The quantitative estimate of drug-likeness (QED) is 0.684. The van der Waals surface area contributed by atoms with Crippen LogP contribution in [0.15, 0.2) is 0 Å². The standard InChI is InChI=1S/C18H26O6/c19-16-15-14(23-18(24-15)9-5-2-6-10-18)13(21-16)12-11-20-17(22-12)7-3-1-4-8-17/h12-15H,1-11H2. The van der Waals surface area contributed by atoms with Gasteiger partial charge in [-0.05, 0) is 25.7 Å². The van der Waals surface area contributed by atoms with E-state index in [0.29, 0.717) is 6.61 Å². The van der Waals surface area contributed by atoms with Crippen molar-refractivity contribution in [3.05, 3.63) is 0 Å². The molecular weight excluding hydrogens is 312 g/mol. The van der Waals surface area contributed by atoms with Crippen LogP contribution in [0.1, 0.15) is 64.2 Å². The molecule has 0 aromatic heterocycles. The van der Waals surface area contributed by atoms with Gasteiger partial charge in [-0.2, -0.15) is 0 Å². The van der Waals surface area contributed by atoms with Crippen molar-refractivity contribution in [1.29, 1.82) is 0 Å². The Morgan fingerprint density at radius 3 is 2.12 bits per heavy atom. The van der Waals surface area contributed by atoms with Gasteiger partial charge >= 0.3 is 5.97 Å². The summed E-state index contributed by atoms with van der Waals surface area (Å²) >= 11 is 0. The van der Waals surface area contributed by atoms with Crippen molar-refractivity contribution in [2.75, 3.05) is 6.61 Å². The SMILES string of the molecule is O=C1OC(C2COC3(CCCCC3)O2)C2OC3(CCCCC3)OC12. The fourth-order valence-corrected chi connectivity index (χ4v) is 5.03. The van der Waals surface area contributed by atoms with Crippen molar-refractivity contribution in [2.45, 2.75) is 100 Å². The Morgan fingerprint density at radius 1 is 0.750 bits per heavy atom. The minimum absolute atomic E-state index is 0.246. The molecular formula is C18H26O6. The Bertz CT molecular complexity index is 508. The van der Waals surface area contributed by atoms with Gasteiger partial charge < -0.3 is 23.7 Å². The fourth-order valence-electron chi connectivity index (χ4n) is 5.03. The van der Waals surface area contributed by atoms with E-state index in [9.17, 15) is 4.79 Å². The van der Waals surface area contributed by atoms with Gasteiger partial charge in [-0.1, -0.05) is 12.8 Å². The molecule has 5 rings (SSSR count). The number of esters is 1. The van der Waals surface area contributed by atoms with Crippen LogP contribution in [0.2, 0.25) is 0 Å². The first-order valence-corrected chi connectivity index (χ1v) is 9.57. The van der Waals surface area contributed by atoms with Crippen LogP contribution in [0.5, 0.6) is 0 Å². The molecule has 4 atom stereocenters. The van der Waals surface area contributed by atoms with Crippen molar-refractivity contribution in [2.24, 2.45) is 0 Å². The minimum Gasteiger partial charge on any atom is -0.455 e. The predicted molar refractivity (Wildman–Crippen MR) is 82.1 cm³/mol. The molecule has 0 aromatic rings. The predicted octanol–water partition coefficient (Wildman–Crippen LogP) is 2.43. The van der Waals surface area contributed by atoms with Gasteiger partial charge in [0.05, 0.1) is 6.61 Å². The van der Waals surface area contributed by atoms with Gasteiger partial charge in [-0.3, -0.25) is 0 Å². The molecule has 3 heterocycles. The van der Waals surface area contributed by atoms with Gasteiger partial charge in [0.1, 0.15) is 12.2 Å². The molecule has 0 aromatic carbocycles. The zero-order chi connectivity index (χ0) is 16.2. The molecule has 2 aliphatic carbocycles. The summed E-state index contributed by atoms with van der Waals surface area (Å²) in [5.41, 5.74) is 0. The highest BCUT2D eigenvalue weighted by atomic mass is 16.8. The first kappa shape index (κ1) is 15.6. The van der Waals surface area contributed by atoms with Crippen LogP contribution < -0.4 is 0 Å². The first-order chi connectivity index (χ1) is 11.7. The highest BCUT2D eigenvalue weighted by molar-refractivity contribution is 5.78. The van der Waals surface area contributed by atoms with E-state index in [1.807, 2.05) is 0 Å². The van der Waals surface area contributed by atoms with E-state index in [1.165, 1.54) is 12.8 Å². The lowest BCUT2D eigenvalue weighted by molar-refractivity contribution is -0.230. The van der Waals surface area contributed by atoms with Crippen LogP contribution in [0.25, 0.3) is 0 Å². The van der Waals surface area contributed by atoms with Gasteiger partial charge in [0.25, 0.3) is 0 Å². The topological polar surface area (TPSA) is 63.2 Å². The zero-order valence-corrected chi connectivity index (χ0v) is 14.0. The maximum atomic E-state index is 12.3. The van der Waals surface area contributed by atoms with Crippen LogP contribution in [-0.2, 0) is 28.5 Å². The van der Waals surface area contributed by atoms with Gasteiger partial charge in [-0.15, -0.1) is 0 Å². The molecule has 6 nitrogen and oxygen atoms in total. The minimum atomic E-state index is -0.598. The van der Waals surface area contributed by atoms with Crippen molar-refractivity contribution in [3.8, 4) is 0 Å². The maximum absolute atomic E-state index is 12.3. The van der Waals surface area contributed by atoms with E-state index >= 15 is 0 Å². The third kappa shape index (κ3) is 2.42. The lowest BCUT2D eigenvalue weighted by Gasteiger charge is -2.34. The summed E-state index contributed by atoms with van der Waals surface area (Å²) in [7, 11) is 0. The number of hydrogen-bond donors (Lipinski definition) is 0. The molecule has 5 aliphatic rings. The molecule has 6 heteroatoms. The number of cyclic esters (lactones) is 1. The summed E-state index contributed by atoms with van der Waals surface area (Å²) in [4.78, 5) is 12.3. The summed E-state index contributed by atoms with van der Waals surface area (Å²) in [6.45, 7) is 0.470. The highest BCUT2D eigenvalue weighted by Crippen LogP contribution is 2.47. The molecule has 3 saturated heterocycles. The van der Waals surface area contributed by atoms with Gasteiger partial charge in [0.15, 0.2) is 23.8 Å². The summed E-state index contributed by atoms with van der Waals surface area (Å²) in [5, 5.41) is 0. The Kier molecular flexibility index (Phi) is 3.67. The highest BCUT2D eigenvalue weighted by Gasteiger charge is 2.62. The van der Waals surface area contributed by atoms with E-state index in [4.69, 9.17) is 23.7 Å². The van der Waals surface area contributed by atoms with E-state index < -0.39 is 23.8 Å². The van der Waals surface area contributed by atoms with Crippen molar-refractivity contribution >= 4 is 5.97 Å². The number of carbonyl (C=O) groups is 1. The average Bonchev–Trinajstić information content (AvgIpc) is 3.24. The molecule has 5 fully saturated rings. The second kappa shape index (κ2) is 5.66. The van der Waals surface area contributed by atoms with Crippen LogP contribution in [-0.4, -0.2) is 48.6 Å². The molecule has 0 radical (unpaired) electrons. The molecule has 2 saturated carbocycles. The summed E-state index contributed by atoms with van der Waals surface area (Å²) in [5.74, 6) is -1.34. The van der Waals surface area contributed by atoms with Gasteiger partial charge in [0.2, 0.25) is 0 Å². The number of fused-ring (bicyclic) bond motifs is 1. The molecule has 0 N–H and O–H groups in total. The fraction of sp³-hybridized carbons (Fsp3) is 0.944. The lowest BCUT2D eigenvalue weighted by Crippen LogP contribution is -2.43. The van der Waals surface area contributed by atoms with Gasteiger partial charge in [-0.25, -0.2) is 4.79 Å². The summed E-state index contributed by atoms with van der Waals surface area (Å²) in [6, 6.07) is 0. The summed E-state index contributed by atoms with van der Waals surface area (Å²) < 4.78 is 30.2. The Morgan fingerprint density at radius 2 is 1.42 bits per heavy atom. The van der Waals surface area contributed by atoms with E-state index in [1.54, 1.807) is 0 Å². The Hall–Kier alpha value is -0.690. The molecule has 2 spiro atoms. The van der Waals surface area contributed by atoms with Crippen molar-refractivity contribution in [3.63, 3.8) is 0 Å². The molecule has 134 valence electrons. The van der Waals surface area contributed by atoms with E-state index in [2.05, 4.69) is 0 Å². The second-order valence-corrected chi connectivity index (χ2v) is 7.93. The second-order valence-electron chi connectivity index (χ2n) is 7.93. The number of rotatable bonds is 1. The lowest BCUT2D eigenvalue weighted by atomic mass is 9.94. The number of carbonyl (C=O) groups excluding carboxylic acids is 1. The van der Waals surface area contributed by atoms with Crippen LogP contribution in [0.3, 0.4) is 0 Å². The Labute approximate surface area is 142 Å². The van der Waals surface area contributed by atoms with Crippen molar-refractivity contribution in [1.82, 2.24) is 0 Å². The largest absolute Gasteiger partial charge is 0.455 e. The van der Waals surface area contributed by atoms with Crippen LogP contribution >= 0.6 is 0 Å². The van der Waals surface area contributed by atoms with Crippen molar-refractivity contribution < 1.29 is 28.5 Å². The molecule has 24 heavy (non-hydrogen) atoms. The summed E-state index contributed by atoms with van der Waals surface area (Å²) in [6.07, 6.45) is 8.87. The molecule has 4 unspecified atom stereocenters. The third-order valence-corrected chi connectivity index (χ3v) is 6.27. The smallest absolute Gasteiger partial charge is 0.338 e. The molecule has 3 aliphatic heterocycles. The molecule has 0 bridgehead atoms. The number of ether oxygens (including phenoxy) is 5. The van der Waals surface area contributed by atoms with Gasteiger partial charge in [0, 0.05) is 25.7 Å². The Balaban J connectivity index is 1.31. The maximum Gasteiger partial charge on any atom is 0.338 e. The normalized spacial score (nSPS) is 43.2. The van der Waals surface area contributed by atoms with Crippen LogP contribution in [0, 0.1) is 0 Å². The monoisotopic (exact) mass is 338 g/mol. The average molecular weight is 338 g/mol.